The van der Waals surface area contributed by atoms with Crippen LogP contribution in [0.25, 0.3) is 10.8 Å². The number of aromatic nitrogens is 2. The van der Waals surface area contributed by atoms with E-state index in [0.717, 1.165) is 73.1 Å². The van der Waals surface area contributed by atoms with Crippen LogP contribution >= 0.6 is 11.6 Å². The molecular formula is C25H29ClN6O. The summed E-state index contributed by atoms with van der Waals surface area (Å²) in [6, 6.07) is 15.9. The van der Waals surface area contributed by atoms with Crippen molar-refractivity contribution in [2.45, 2.75) is 12.8 Å². The number of hydrogen-bond donors (Lipinski definition) is 1. The molecule has 2 aliphatic rings. The van der Waals surface area contributed by atoms with Gasteiger partial charge in [-0.15, -0.1) is 10.2 Å². The van der Waals surface area contributed by atoms with E-state index in [4.69, 9.17) is 11.6 Å². The molecule has 5 rings (SSSR count). The first-order valence-corrected chi connectivity index (χ1v) is 12.1. The molecule has 0 saturated carbocycles. The molecule has 3 heterocycles. The summed E-state index contributed by atoms with van der Waals surface area (Å²) in [5, 5.41) is 14.5. The van der Waals surface area contributed by atoms with Gasteiger partial charge in [0.05, 0.1) is 0 Å². The van der Waals surface area contributed by atoms with E-state index < -0.39 is 0 Å². The molecular weight excluding hydrogens is 436 g/mol. The van der Waals surface area contributed by atoms with E-state index in [-0.39, 0.29) is 5.91 Å². The standard InChI is InChI=1S/C25H29ClN6O/c26-19-6-5-7-20(18-19)31-14-16-32(17-15-31)24-22-9-2-1-8-21(22)23(28-29-24)25(33)27-10-13-30-11-3-4-12-30/h1-2,5-9,18H,3-4,10-17H2,(H,27,33). The van der Waals surface area contributed by atoms with Crippen LogP contribution < -0.4 is 15.1 Å². The lowest BCUT2D eigenvalue weighted by Crippen LogP contribution is -2.47. The maximum absolute atomic E-state index is 12.9. The lowest BCUT2D eigenvalue weighted by molar-refractivity contribution is 0.0945. The summed E-state index contributed by atoms with van der Waals surface area (Å²) < 4.78 is 0. The van der Waals surface area contributed by atoms with Gasteiger partial charge in [-0.25, -0.2) is 0 Å². The molecule has 1 N–H and O–H groups in total. The van der Waals surface area contributed by atoms with Crippen LogP contribution in [0, 0.1) is 0 Å². The molecule has 0 atom stereocenters. The highest BCUT2D eigenvalue weighted by molar-refractivity contribution is 6.30. The fourth-order valence-electron chi connectivity index (χ4n) is 4.76. The lowest BCUT2D eigenvalue weighted by Gasteiger charge is -2.37. The van der Waals surface area contributed by atoms with Crippen LogP contribution in [0.4, 0.5) is 11.5 Å². The zero-order valence-corrected chi connectivity index (χ0v) is 19.5. The summed E-state index contributed by atoms with van der Waals surface area (Å²) in [4.78, 5) is 19.9. The number of halogens is 1. The second-order valence-corrected chi connectivity index (χ2v) is 9.11. The predicted molar refractivity (Wildman–Crippen MR) is 133 cm³/mol. The Balaban J connectivity index is 1.29. The molecule has 1 amide bonds. The minimum absolute atomic E-state index is 0.157. The van der Waals surface area contributed by atoms with Crippen molar-refractivity contribution >= 4 is 39.8 Å². The topological polar surface area (TPSA) is 64.6 Å². The second kappa shape index (κ2) is 9.93. The van der Waals surface area contributed by atoms with Crippen molar-refractivity contribution in [2.24, 2.45) is 0 Å². The van der Waals surface area contributed by atoms with E-state index in [1.807, 2.05) is 42.5 Å². The Kier molecular flexibility index (Phi) is 6.60. The first-order valence-electron chi connectivity index (χ1n) is 11.7. The number of amides is 1. The van der Waals surface area contributed by atoms with Crippen LogP contribution in [0.3, 0.4) is 0 Å². The maximum atomic E-state index is 12.9. The molecule has 0 unspecified atom stereocenters. The van der Waals surface area contributed by atoms with Crippen molar-refractivity contribution in [2.75, 3.05) is 62.2 Å². The Morgan fingerprint density at radius 1 is 0.879 bits per heavy atom. The number of carbonyl (C=O) groups excluding carboxylic acids is 1. The van der Waals surface area contributed by atoms with Gasteiger partial charge < -0.3 is 20.0 Å². The molecule has 0 radical (unpaired) electrons. The first kappa shape index (κ1) is 21.9. The quantitative estimate of drug-likeness (QED) is 0.603. The fourth-order valence-corrected chi connectivity index (χ4v) is 4.94. The number of benzene rings is 2. The molecule has 33 heavy (non-hydrogen) atoms. The molecule has 2 fully saturated rings. The van der Waals surface area contributed by atoms with Crippen molar-refractivity contribution in [3.8, 4) is 0 Å². The molecule has 172 valence electrons. The van der Waals surface area contributed by atoms with Crippen molar-refractivity contribution in [1.29, 1.82) is 0 Å². The van der Waals surface area contributed by atoms with Crippen molar-refractivity contribution in [1.82, 2.24) is 20.4 Å². The van der Waals surface area contributed by atoms with E-state index in [9.17, 15) is 4.79 Å². The molecule has 3 aromatic rings. The third kappa shape index (κ3) is 4.89. The van der Waals surface area contributed by atoms with Gasteiger partial charge in [-0.1, -0.05) is 41.9 Å². The molecule has 2 aromatic carbocycles. The molecule has 1 aromatic heterocycles. The minimum Gasteiger partial charge on any atom is -0.368 e. The van der Waals surface area contributed by atoms with E-state index in [1.54, 1.807) is 0 Å². The highest BCUT2D eigenvalue weighted by atomic mass is 35.5. The third-order valence-electron chi connectivity index (χ3n) is 6.55. The smallest absolute Gasteiger partial charge is 0.272 e. The zero-order chi connectivity index (χ0) is 22.6. The van der Waals surface area contributed by atoms with Crippen LogP contribution in [-0.4, -0.2) is 73.4 Å². The Labute approximate surface area is 199 Å². The number of nitrogens with one attached hydrogen (secondary N) is 1. The van der Waals surface area contributed by atoms with Gasteiger partial charge in [0.25, 0.3) is 5.91 Å². The van der Waals surface area contributed by atoms with Gasteiger partial charge in [-0.3, -0.25) is 4.79 Å². The minimum atomic E-state index is -0.157. The van der Waals surface area contributed by atoms with Gasteiger partial charge in [-0.2, -0.15) is 0 Å². The number of nitrogens with zero attached hydrogens (tertiary/aromatic N) is 5. The monoisotopic (exact) mass is 464 g/mol. The highest BCUT2D eigenvalue weighted by Gasteiger charge is 2.23. The van der Waals surface area contributed by atoms with Gasteiger partial charge in [-0.05, 0) is 44.1 Å². The summed E-state index contributed by atoms with van der Waals surface area (Å²) in [6.45, 7) is 7.15. The largest absolute Gasteiger partial charge is 0.368 e. The molecule has 7 nitrogen and oxygen atoms in total. The van der Waals surface area contributed by atoms with Gasteiger partial charge >= 0.3 is 0 Å². The SMILES string of the molecule is O=C(NCCN1CCCC1)c1nnc(N2CCN(c3cccc(Cl)c3)CC2)c2ccccc12. The molecule has 0 bridgehead atoms. The Morgan fingerprint density at radius 3 is 2.36 bits per heavy atom. The van der Waals surface area contributed by atoms with E-state index >= 15 is 0 Å². The first-order chi connectivity index (χ1) is 16.2. The average molecular weight is 465 g/mol. The Hall–Kier alpha value is -2.90. The summed E-state index contributed by atoms with van der Waals surface area (Å²) in [5.41, 5.74) is 1.53. The zero-order valence-electron chi connectivity index (χ0n) is 18.7. The molecule has 0 spiro atoms. The number of carbonyl (C=O) groups is 1. The van der Waals surface area contributed by atoms with Crippen LogP contribution in [0.2, 0.25) is 5.02 Å². The summed E-state index contributed by atoms with van der Waals surface area (Å²) >= 11 is 6.17. The number of fused-ring (bicyclic) bond motifs is 1. The molecule has 0 aliphatic carbocycles. The van der Waals surface area contributed by atoms with Gasteiger partial charge in [0.2, 0.25) is 0 Å². The van der Waals surface area contributed by atoms with E-state index in [1.165, 1.54) is 12.8 Å². The number of piperazine rings is 1. The highest BCUT2D eigenvalue weighted by Crippen LogP contribution is 2.28. The normalized spacial score (nSPS) is 17.0. The number of anilines is 2. The van der Waals surface area contributed by atoms with Crippen molar-refractivity contribution in [3.05, 3.63) is 59.2 Å². The molecule has 2 aliphatic heterocycles. The second-order valence-electron chi connectivity index (χ2n) is 8.68. The van der Waals surface area contributed by atoms with Crippen LogP contribution in [-0.2, 0) is 0 Å². The maximum Gasteiger partial charge on any atom is 0.272 e. The van der Waals surface area contributed by atoms with Crippen LogP contribution in [0.15, 0.2) is 48.5 Å². The van der Waals surface area contributed by atoms with E-state index in [0.29, 0.717) is 12.2 Å². The van der Waals surface area contributed by atoms with Crippen LogP contribution in [0.1, 0.15) is 23.3 Å². The number of likely N-dealkylation sites (tertiary alicyclic amines) is 1. The predicted octanol–water partition coefficient (Wildman–Crippen LogP) is 3.44. The molecule has 2 saturated heterocycles. The van der Waals surface area contributed by atoms with Gasteiger partial charge in [0.15, 0.2) is 11.5 Å². The Bertz CT molecular complexity index is 1120. The Morgan fingerprint density at radius 2 is 1.61 bits per heavy atom. The average Bonchev–Trinajstić information content (AvgIpc) is 3.37. The fraction of sp³-hybridized carbons (Fsp3) is 0.400. The number of rotatable bonds is 6. The van der Waals surface area contributed by atoms with E-state index in [2.05, 4.69) is 36.3 Å². The van der Waals surface area contributed by atoms with Crippen LogP contribution in [0.5, 0.6) is 0 Å². The summed E-state index contributed by atoms with van der Waals surface area (Å²) in [7, 11) is 0. The molecule has 8 heteroatoms. The third-order valence-corrected chi connectivity index (χ3v) is 6.78. The lowest BCUT2D eigenvalue weighted by atomic mass is 10.1. The van der Waals surface area contributed by atoms with Crippen molar-refractivity contribution in [3.63, 3.8) is 0 Å². The number of hydrogen-bond acceptors (Lipinski definition) is 6. The van der Waals surface area contributed by atoms with Crippen molar-refractivity contribution < 1.29 is 4.79 Å². The summed E-state index contributed by atoms with van der Waals surface area (Å²) in [5.74, 6) is 0.681. The summed E-state index contributed by atoms with van der Waals surface area (Å²) in [6.07, 6.45) is 2.50. The van der Waals surface area contributed by atoms with Gasteiger partial charge in [0, 0.05) is 60.8 Å². The van der Waals surface area contributed by atoms with Gasteiger partial charge in [0.1, 0.15) is 0 Å².